The molecule has 16 heavy (non-hydrogen) atoms. The fraction of sp³-hybridized carbons (Fsp3) is 0.750. The van der Waals surface area contributed by atoms with E-state index in [4.69, 9.17) is 4.74 Å². The summed E-state index contributed by atoms with van der Waals surface area (Å²) in [6.45, 7) is 2.80. The number of aliphatic hydroxyl groups excluding tert-OH is 1. The molecule has 0 radical (unpaired) electrons. The standard InChI is InChI=1S/C12H20N2O2/c1-3-14-10(6-9-13-14)11(15)12(16-2)7-4-5-8-12/h6,9,11,15H,3-5,7-8H2,1-2H3. The van der Waals surface area contributed by atoms with Crippen LogP contribution in [0, 0.1) is 0 Å². The maximum absolute atomic E-state index is 10.5. The Balaban J connectivity index is 2.26. The molecule has 1 fully saturated rings. The smallest absolute Gasteiger partial charge is 0.124 e. The van der Waals surface area contributed by atoms with Crippen molar-refractivity contribution >= 4 is 0 Å². The molecule has 1 aliphatic carbocycles. The second kappa shape index (κ2) is 4.55. The van der Waals surface area contributed by atoms with Crippen molar-refractivity contribution in [3.05, 3.63) is 18.0 Å². The summed E-state index contributed by atoms with van der Waals surface area (Å²) in [5, 5.41) is 14.7. The predicted molar refractivity (Wildman–Crippen MR) is 61.1 cm³/mol. The molecule has 4 nitrogen and oxygen atoms in total. The molecule has 1 saturated carbocycles. The highest BCUT2D eigenvalue weighted by molar-refractivity contribution is 5.11. The van der Waals surface area contributed by atoms with E-state index in [2.05, 4.69) is 5.10 Å². The zero-order valence-electron chi connectivity index (χ0n) is 10.0. The number of nitrogens with zero attached hydrogens (tertiary/aromatic N) is 2. The van der Waals surface area contributed by atoms with Gasteiger partial charge in [-0.15, -0.1) is 0 Å². The van der Waals surface area contributed by atoms with Crippen molar-refractivity contribution in [2.75, 3.05) is 7.11 Å². The number of rotatable bonds is 4. The molecule has 0 bridgehead atoms. The van der Waals surface area contributed by atoms with Gasteiger partial charge in [0, 0.05) is 19.9 Å². The van der Waals surface area contributed by atoms with Crippen LogP contribution in [-0.2, 0) is 11.3 Å². The maximum Gasteiger partial charge on any atom is 0.124 e. The van der Waals surface area contributed by atoms with E-state index in [1.165, 1.54) is 0 Å². The zero-order chi connectivity index (χ0) is 11.6. The highest BCUT2D eigenvalue weighted by Crippen LogP contribution is 2.42. The van der Waals surface area contributed by atoms with Gasteiger partial charge >= 0.3 is 0 Å². The number of aliphatic hydroxyl groups is 1. The lowest BCUT2D eigenvalue weighted by atomic mass is 9.92. The van der Waals surface area contributed by atoms with E-state index in [1.54, 1.807) is 13.3 Å². The Morgan fingerprint density at radius 3 is 2.81 bits per heavy atom. The van der Waals surface area contributed by atoms with Gasteiger partial charge in [0.15, 0.2) is 0 Å². The number of ether oxygens (including phenoxy) is 1. The lowest BCUT2D eigenvalue weighted by molar-refractivity contribution is -0.103. The number of hydrogen-bond acceptors (Lipinski definition) is 3. The van der Waals surface area contributed by atoms with E-state index in [-0.39, 0.29) is 0 Å². The highest BCUT2D eigenvalue weighted by atomic mass is 16.5. The van der Waals surface area contributed by atoms with Crippen LogP contribution in [0.1, 0.15) is 44.4 Å². The second-order valence-electron chi connectivity index (χ2n) is 4.45. The molecule has 1 aliphatic rings. The molecule has 0 spiro atoms. The topological polar surface area (TPSA) is 47.3 Å². The van der Waals surface area contributed by atoms with Crippen LogP contribution >= 0.6 is 0 Å². The molecule has 4 heteroatoms. The molecular weight excluding hydrogens is 204 g/mol. The van der Waals surface area contributed by atoms with Gasteiger partial charge in [-0.05, 0) is 25.8 Å². The van der Waals surface area contributed by atoms with Gasteiger partial charge in [0.25, 0.3) is 0 Å². The minimum atomic E-state index is -0.567. The summed E-state index contributed by atoms with van der Waals surface area (Å²) in [4.78, 5) is 0. The Morgan fingerprint density at radius 2 is 2.25 bits per heavy atom. The monoisotopic (exact) mass is 224 g/mol. The molecular formula is C12H20N2O2. The largest absolute Gasteiger partial charge is 0.384 e. The minimum absolute atomic E-state index is 0.396. The van der Waals surface area contributed by atoms with E-state index in [9.17, 15) is 5.11 Å². The van der Waals surface area contributed by atoms with Gasteiger partial charge in [-0.25, -0.2) is 0 Å². The second-order valence-corrected chi connectivity index (χ2v) is 4.45. The van der Waals surface area contributed by atoms with Crippen LogP contribution < -0.4 is 0 Å². The van der Waals surface area contributed by atoms with Gasteiger partial charge in [0.05, 0.1) is 11.3 Å². The number of hydrogen-bond donors (Lipinski definition) is 1. The van der Waals surface area contributed by atoms with Crippen molar-refractivity contribution < 1.29 is 9.84 Å². The highest BCUT2D eigenvalue weighted by Gasteiger charge is 2.42. The van der Waals surface area contributed by atoms with Gasteiger partial charge in [-0.3, -0.25) is 4.68 Å². The molecule has 90 valence electrons. The zero-order valence-corrected chi connectivity index (χ0v) is 10.0. The Bertz CT molecular complexity index is 343. The summed E-state index contributed by atoms with van der Waals surface area (Å²) >= 11 is 0. The fourth-order valence-electron chi connectivity index (χ4n) is 2.67. The van der Waals surface area contributed by atoms with Crippen LogP contribution in [0.2, 0.25) is 0 Å². The predicted octanol–water partition coefficient (Wildman–Crippen LogP) is 1.90. The SMILES string of the molecule is CCn1nccc1C(O)C1(OC)CCCC1. The Morgan fingerprint density at radius 1 is 1.56 bits per heavy atom. The quantitative estimate of drug-likeness (QED) is 0.849. The van der Waals surface area contributed by atoms with Crippen LogP contribution in [-0.4, -0.2) is 27.6 Å². The first-order valence-corrected chi connectivity index (χ1v) is 5.98. The fourth-order valence-corrected chi connectivity index (χ4v) is 2.67. The van der Waals surface area contributed by atoms with Crippen molar-refractivity contribution in [2.45, 2.75) is 50.9 Å². The van der Waals surface area contributed by atoms with Gasteiger partial charge < -0.3 is 9.84 Å². The van der Waals surface area contributed by atoms with Gasteiger partial charge in [-0.1, -0.05) is 12.8 Å². The molecule has 0 amide bonds. The third kappa shape index (κ3) is 1.76. The number of aryl methyl sites for hydroxylation is 1. The average molecular weight is 224 g/mol. The first kappa shape index (κ1) is 11.6. The summed E-state index contributed by atoms with van der Waals surface area (Å²) in [6.07, 6.45) is 5.29. The number of aromatic nitrogens is 2. The molecule has 0 aromatic carbocycles. The van der Waals surface area contributed by atoms with Crippen molar-refractivity contribution in [1.82, 2.24) is 9.78 Å². The van der Waals surface area contributed by atoms with E-state index < -0.39 is 11.7 Å². The van der Waals surface area contributed by atoms with E-state index in [0.717, 1.165) is 37.9 Å². The summed E-state index contributed by atoms with van der Waals surface area (Å²) in [6, 6.07) is 1.88. The molecule has 0 saturated heterocycles. The van der Waals surface area contributed by atoms with E-state index >= 15 is 0 Å². The molecule has 1 aromatic heterocycles. The average Bonchev–Trinajstić information content (AvgIpc) is 2.97. The van der Waals surface area contributed by atoms with Crippen molar-refractivity contribution in [3.63, 3.8) is 0 Å². The normalized spacial score (nSPS) is 21.2. The van der Waals surface area contributed by atoms with Gasteiger partial charge in [-0.2, -0.15) is 5.10 Å². The van der Waals surface area contributed by atoms with Crippen LogP contribution in [0.15, 0.2) is 12.3 Å². The molecule has 1 aromatic rings. The molecule has 1 N–H and O–H groups in total. The van der Waals surface area contributed by atoms with Gasteiger partial charge in [0.1, 0.15) is 6.10 Å². The summed E-state index contributed by atoms with van der Waals surface area (Å²) in [5.41, 5.74) is 0.471. The Kier molecular flexibility index (Phi) is 3.30. The van der Waals surface area contributed by atoms with Crippen molar-refractivity contribution in [1.29, 1.82) is 0 Å². The molecule has 1 heterocycles. The molecule has 0 aliphatic heterocycles. The summed E-state index contributed by atoms with van der Waals surface area (Å²) in [5.74, 6) is 0. The third-order valence-corrected chi connectivity index (χ3v) is 3.68. The molecule has 1 atom stereocenters. The van der Waals surface area contributed by atoms with Crippen LogP contribution in [0.3, 0.4) is 0 Å². The van der Waals surface area contributed by atoms with E-state index in [1.807, 2.05) is 17.7 Å². The Hall–Kier alpha value is -0.870. The lowest BCUT2D eigenvalue weighted by Crippen LogP contribution is -2.36. The van der Waals surface area contributed by atoms with Crippen molar-refractivity contribution in [2.24, 2.45) is 0 Å². The van der Waals surface area contributed by atoms with Crippen molar-refractivity contribution in [3.8, 4) is 0 Å². The maximum atomic E-state index is 10.5. The molecule has 2 rings (SSSR count). The summed E-state index contributed by atoms with van der Waals surface area (Å²) < 4.78 is 7.43. The van der Waals surface area contributed by atoms with E-state index in [0.29, 0.717) is 0 Å². The first-order valence-electron chi connectivity index (χ1n) is 5.98. The Labute approximate surface area is 96.2 Å². The number of methoxy groups -OCH3 is 1. The van der Waals surface area contributed by atoms with Crippen LogP contribution in [0.25, 0.3) is 0 Å². The van der Waals surface area contributed by atoms with Crippen LogP contribution in [0.4, 0.5) is 0 Å². The lowest BCUT2D eigenvalue weighted by Gasteiger charge is -2.33. The third-order valence-electron chi connectivity index (χ3n) is 3.68. The van der Waals surface area contributed by atoms with Gasteiger partial charge in [0.2, 0.25) is 0 Å². The summed E-state index contributed by atoms with van der Waals surface area (Å²) in [7, 11) is 1.70. The molecule has 1 unspecified atom stereocenters. The van der Waals surface area contributed by atoms with Crippen LogP contribution in [0.5, 0.6) is 0 Å². The first-order chi connectivity index (χ1) is 7.73. The minimum Gasteiger partial charge on any atom is -0.384 e.